The lowest BCUT2D eigenvalue weighted by Gasteiger charge is -2.18. The molecule has 4 rings (SSSR count). The number of hydrogen-bond acceptors (Lipinski definition) is 7. The van der Waals surface area contributed by atoms with Gasteiger partial charge in [0.2, 0.25) is 0 Å². The van der Waals surface area contributed by atoms with Gasteiger partial charge >= 0.3 is 0 Å². The van der Waals surface area contributed by atoms with E-state index in [2.05, 4.69) is 0 Å². The molecule has 3 aromatic carbocycles. The third-order valence-electron chi connectivity index (χ3n) is 4.46. The summed E-state index contributed by atoms with van der Waals surface area (Å²) in [6.45, 7) is 0. The molecule has 0 saturated heterocycles. The van der Waals surface area contributed by atoms with Crippen LogP contribution in [0.15, 0.2) is 66.7 Å². The van der Waals surface area contributed by atoms with Crippen LogP contribution in [-0.4, -0.2) is 21.7 Å². The predicted octanol–water partition coefficient (Wildman–Crippen LogP) is 4.10. The number of nitro benzene ring substituents is 2. The number of hydrogen-bond donors (Lipinski definition) is 0. The SMILES string of the molecule is O=C1c2ccccc2C(=O)N1c1cc([N+](=O)[O-])ccc1Oc1ccc([N+](=O)[O-])cc1. The molecule has 0 saturated carbocycles. The summed E-state index contributed by atoms with van der Waals surface area (Å²) >= 11 is 0. The summed E-state index contributed by atoms with van der Waals surface area (Å²) in [5.74, 6) is -1.08. The monoisotopic (exact) mass is 405 g/mol. The number of fused-ring (bicyclic) bond motifs is 1. The maximum Gasteiger partial charge on any atom is 0.271 e. The molecular formula is C20H11N3O7. The van der Waals surface area contributed by atoms with Crippen molar-refractivity contribution in [2.24, 2.45) is 0 Å². The first-order valence-electron chi connectivity index (χ1n) is 8.55. The molecule has 1 heterocycles. The molecule has 3 aromatic rings. The standard InChI is InChI=1S/C20H11N3O7/c24-19-15-3-1-2-4-16(15)20(25)21(19)17-11-13(23(28)29)7-10-18(17)30-14-8-5-12(6-9-14)22(26)27/h1-11H. The average molecular weight is 405 g/mol. The van der Waals surface area contributed by atoms with E-state index in [1.807, 2.05) is 0 Å². The van der Waals surface area contributed by atoms with Gasteiger partial charge in [0, 0.05) is 24.3 Å². The van der Waals surface area contributed by atoms with Crippen LogP contribution in [0.5, 0.6) is 11.5 Å². The minimum absolute atomic E-state index is 0.00367. The summed E-state index contributed by atoms with van der Waals surface area (Å²) in [6, 6.07) is 14.8. The van der Waals surface area contributed by atoms with Gasteiger partial charge in [-0.05, 0) is 30.3 Å². The first-order chi connectivity index (χ1) is 14.4. The smallest absolute Gasteiger partial charge is 0.271 e. The number of ether oxygens (including phenoxy) is 1. The van der Waals surface area contributed by atoms with E-state index in [0.29, 0.717) is 0 Å². The van der Waals surface area contributed by atoms with Crippen molar-refractivity contribution >= 4 is 28.9 Å². The number of carbonyl (C=O) groups excluding carboxylic acids is 2. The second-order valence-electron chi connectivity index (χ2n) is 6.25. The highest BCUT2D eigenvalue weighted by Crippen LogP contribution is 2.39. The molecule has 148 valence electrons. The lowest BCUT2D eigenvalue weighted by Crippen LogP contribution is -2.29. The van der Waals surface area contributed by atoms with Crippen molar-refractivity contribution in [1.82, 2.24) is 0 Å². The molecule has 0 unspecified atom stereocenters. The number of non-ortho nitro benzene ring substituents is 2. The van der Waals surface area contributed by atoms with Crippen molar-refractivity contribution in [3.63, 3.8) is 0 Å². The van der Waals surface area contributed by atoms with Crippen LogP contribution in [0.2, 0.25) is 0 Å². The Kier molecular flexibility index (Phi) is 4.43. The molecule has 1 aliphatic rings. The van der Waals surface area contributed by atoms with Crippen LogP contribution in [0.25, 0.3) is 0 Å². The Labute approximate surface area is 168 Å². The fourth-order valence-corrected chi connectivity index (χ4v) is 3.05. The Hall–Kier alpha value is -4.60. The van der Waals surface area contributed by atoms with Gasteiger partial charge < -0.3 is 4.74 Å². The van der Waals surface area contributed by atoms with Crippen molar-refractivity contribution in [3.8, 4) is 11.5 Å². The molecular weight excluding hydrogens is 394 g/mol. The Bertz CT molecular complexity index is 1190. The van der Waals surface area contributed by atoms with Crippen LogP contribution in [0.3, 0.4) is 0 Å². The molecule has 10 nitrogen and oxygen atoms in total. The summed E-state index contributed by atoms with van der Waals surface area (Å²) in [6.07, 6.45) is 0. The van der Waals surface area contributed by atoms with E-state index in [0.717, 1.165) is 11.0 Å². The van der Waals surface area contributed by atoms with Gasteiger partial charge in [-0.25, -0.2) is 4.90 Å². The van der Waals surface area contributed by atoms with Gasteiger partial charge in [0.25, 0.3) is 23.2 Å². The number of amides is 2. The Balaban J connectivity index is 1.78. The molecule has 0 N–H and O–H groups in total. The third-order valence-corrected chi connectivity index (χ3v) is 4.46. The van der Waals surface area contributed by atoms with Crippen LogP contribution >= 0.6 is 0 Å². The second kappa shape index (κ2) is 7.09. The van der Waals surface area contributed by atoms with Gasteiger partial charge in [0.1, 0.15) is 11.4 Å². The highest BCUT2D eigenvalue weighted by molar-refractivity contribution is 6.34. The summed E-state index contributed by atoms with van der Waals surface area (Å²) in [5.41, 5.74) is -0.233. The molecule has 2 amide bonds. The van der Waals surface area contributed by atoms with Gasteiger partial charge in [-0.3, -0.25) is 29.8 Å². The van der Waals surface area contributed by atoms with Crippen molar-refractivity contribution in [3.05, 3.63) is 98.1 Å². The minimum Gasteiger partial charge on any atom is -0.455 e. The van der Waals surface area contributed by atoms with Gasteiger partial charge in [-0.1, -0.05) is 12.1 Å². The minimum atomic E-state index is -0.655. The maximum absolute atomic E-state index is 12.8. The number of rotatable bonds is 5. The molecule has 0 fully saturated rings. The van der Waals surface area contributed by atoms with Crippen LogP contribution < -0.4 is 9.64 Å². The maximum atomic E-state index is 12.8. The highest BCUT2D eigenvalue weighted by Gasteiger charge is 2.38. The zero-order valence-electron chi connectivity index (χ0n) is 15.1. The molecule has 0 aliphatic carbocycles. The number of benzene rings is 3. The zero-order chi connectivity index (χ0) is 21.4. The third kappa shape index (κ3) is 3.11. The van der Waals surface area contributed by atoms with Crippen molar-refractivity contribution < 1.29 is 24.2 Å². The van der Waals surface area contributed by atoms with E-state index in [-0.39, 0.29) is 39.7 Å². The van der Waals surface area contributed by atoms with Crippen molar-refractivity contribution in [1.29, 1.82) is 0 Å². The van der Waals surface area contributed by atoms with Gasteiger partial charge in [-0.15, -0.1) is 0 Å². The van der Waals surface area contributed by atoms with Gasteiger partial charge in [0.15, 0.2) is 5.75 Å². The fraction of sp³-hybridized carbons (Fsp3) is 0. The van der Waals surface area contributed by atoms with Crippen LogP contribution in [0, 0.1) is 20.2 Å². The van der Waals surface area contributed by atoms with E-state index >= 15 is 0 Å². The van der Waals surface area contributed by atoms with Gasteiger partial charge in [0.05, 0.1) is 21.0 Å². The van der Waals surface area contributed by atoms with E-state index in [1.54, 1.807) is 12.1 Å². The molecule has 1 aliphatic heterocycles. The topological polar surface area (TPSA) is 133 Å². The number of nitrogens with zero attached hydrogens (tertiary/aromatic N) is 3. The van der Waals surface area contributed by atoms with Crippen LogP contribution in [0.1, 0.15) is 20.7 Å². The fourth-order valence-electron chi connectivity index (χ4n) is 3.05. The first kappa shape index (κ1) is 18.7. The molecule has 10 heteroatoms. The van der Waals surface area contributed by atoms with E-state index < -0.39 is 21.7 Å². The Morgan fingerprint density at radius 1 is 0.733 bits per heavy atom. The molecule has 0 radical (unpaired) electrons. The summed E-state index contributed by atoms with van der Waals surface area (Å²) in [4.78, 5) is 47.3. The summed E-state index contributed by atoms with van der Waals surface area (Å²) in [7, 11) is 0. The number of anilines is 1. The quantitative estimate of drug-likeness (QED) is 0.354. The van der Waals surface area contributed by atoms with E-state index in [9.17, 15) is 29.8 Å². The molecule has 30 heavy (non-hydrogen) atoms. The van der Waals surface area contributed by atoms with E-state index in [4.69, 9.17) is 4.74 Å². The van der Waals surface area contributed by atoms with Gasteiger partial charge in [-0.2, -0.15) is 0 Å². The lowest BCUT2D eigenvalue weighted by atomic mass is 10.1. The molecule has 0 spiro atoms. The number of carbonyl (C=O) groups is 2. The van der Waals surface area contributed by atoms with Crippen LogP contribution in [0.4, 0.5) is 17.1 Å². The Morgan fingerprint density at radius 2 is 1.27 bits per heavy atom. The second-order valence-corrected chi connectivity index (χ2v) is 6.25. The van der Waals surface area contributed by atoms with Crippen molar-refractivity contribution in [2.75, 3.05) is 4.90 Å². The normalized spacial score (nSPS) is 12.6. The number of imide groups is 1. The number of nitro groups is 2. The summed E-state index contributed by atoms with van der Waals surface area (Å²) < 4.78 is 5.70. The zero-order valence-corrected chi connectivity index (χ0v) is 15.1. The van der Waals surface area contributed by atoms with Crippen LogP contribution in [-0.2, 0) is 0 Å². The first-order valence-corrected chi connectivity index (χ1v) is 8.55. The average Bonchev–Trinajstić information content (AvgIpc) is 2.99. The highest BCUT2D eigenvalue weighted by atomic mass is 16.6. The lowest BCUT2D eigenvalue weighted by molar-refractivity contribution is -0.385. The predicted molar refractivity (Wildman–Crippen MR) is 104 cm³/mol. The van der Waals surface area contributed by atoms with E-state index in [1.165, 1.54) is 48.5 Å². The Morgan fingerprint density at radius 3 is 1.80 bits per heavy atom. The summed E-state index contributed by atoms with van der Waals surface area (Å²) in [5, 5.41) is 22.0. The molecule has 0 atom stereocenters. The molecule has 0 aromatic heterocycles. The molecule has 0 bridgehead atoms. The van der Waals surface area contributed by atoms with Crippen molar-refractivity contribution in [2.45, 2.75) is 0 Å². The largest absolute Gasteiger partial charge is 0.455 e.